The summed E-state index contributed by atoms with van der Waals surface area (Å²) in [6, 6.07) is 18.3. The molecule has 3 aromatic rings. The Hall–Kier alpha value is -5.44. The van der Waals surface area contributed by atoms with Gasteiger partial charge in [-0.05, 0) is 53.8 Å². The summed E-state index contributed by atoms with van der Waals surface area (Å²) in [4.78, 5) is 68.6. The van der Waals surface area contributed by atoms with E-state index < -0.39 is 87.2 Å². The molecule has 3 atom stereocenters. The number of alkyl halides is 6. The number of halogens is 8. The number of amides is 4. The molecule has 4 N–H and O–H groups in total. The number of rotatable bonds is 23. The third kappa shape index (κ3) is 26.7. The van der Waals surface area contributed by atoms with Crippen molar-refractivity contribution in [2.24, 2.45) is 0 Å². The Morgan fingerprint density at radius 3 is 1.31 bits per heavy atom. The van der Waals surface area contributed by atoms with Crippen molar-refractivity contribution < 1.29 is 73.7 Å². The molecule has 0 heterocycles. The highest BCUT2D eigenvalue weighted by molar-refractivity contribution is 6.30. The van der Waals surface area contributed by atoms with Gasteiger partial charge in [0.25, 0.3) is 0 Å². The highest BCUT2D eigenvalue weighted by atomic mass is 35.5. The molecule has 342 valence electrons. The van der Waals surface area contributed by atoms with Gasteiger partial charge in [-0.25, -0.2) is 4.39 Å². The summed E-state index contributed by atoms with van der Waals surface area (Å²) in [5.74, 6) is -3.22. The largest absolute Gasteiger partial charge is 0.350 e. The van der Waals surface area contributed by atoms with Crippen LogP contribution in [0.2, 0.25) is 5.02 Å². The number of ether oxygens (including phenoxy) is 3. The number of benzene rings is 3. The molecule has 62 heavy (non-hydrogen) atoms. The fourth-order valence-corrected chi connectivity index (χ4v) is 5.08. The summed E-state index contributed by atoms with van der Waals surface area (Å²) in [6.45, 7) is -6.93. The minimum atomic E-state index is -3.01. The highest BCUT2D eigenvalue weighted by Gasteiger charge is 2.23. The lowest BCUT2D eigenvalue weighted by Crippen LogP contribution is -2.48. The van der Waals surface area contributed by atoms with Gasteiger partial charge >= 0.3 is 19.8 Å². The van der Waals surface area contributed by atoms with E-state index in [2.05, 4.69) is 35.5 Å². The van der Waals surface area contributed by atoms with E-state index in [0.29, 0.717) is 17.9 Å². The standard InChI is InChI=1S/C14H16F3NO3.C14H17F2NO3.C13H15ClF2N2O3/c1-9(19)18-12(8-21-14(16)17)13(20)7-4-10-2-5-11(15)6-3-10;1-10(18)17-12(9-20-14(15)16)13(19)8-7-11-5-3-2-4-6-11;1-8(19)18-11(7-21-13(15)16)12(20)17-6-9-2-4-10(14)5-3-9/h2-3,5-6,12,14H,4,7-8H2,1H3,(H,18,19);2-6,12,14H,7-9H2,1H3,(H,17,18);2-5,11,13H,6-7H2,1H3,(H,17,20)(H,18,19)/t2*12-;11-/m111/s1. The first-order valence-electron chi connectivity index (χ1n) is 18.6. The van der Waals surface area contributed by atoms with Crippen LogP contribution in [0.5, 0.6) is 0 Å². The monoisotopic (exact) mass is 908 g/mol. The second-order valence-electron chi connectivity index (χ2n) is 12.9. The van der Waals surface area contributed by atoms with Crippen LogP contribution in [0, 0.1) is 5.82 Å². The van der Waals surface area contributed by atoms with Gasteiger partial charge in [0.15, 0.2) is 11.6 Å². The Morgan fingerprint density at radius 2 is 0.903 bits per heavy atom. The maximum atomic E-state index is 12.7. The minimum Gasteiger partial charge on any atom is -0.350 e. The second kappa shape index (κ2) is 30.6. The zero-order valence-electron chi connectivity index (χ0n) is 33.8. The summed E-state index contributed by atoms with van der Waals surface area (Å²) in [6.07, 6.45) is 0.999. The fraction of sp³-hybridized carbons (Fsp3) is 0.415. The van der Waals surface area contributed by atoms with Crippen molar-refractivity contribution in [1.29, 1.82) is 0 Å². The molecule has 13 nitrogen and oxygen atoms in total. The van der Waals surface area contributed by atoms with Crippen LogP contribution < -0.4 is 21.3 Å². The van der Waals surface area contributed by atoms with Gasteiger partial charge in [-0.2, -0.15) is 26.3 Å². The van der Waals surface area contributed by atoms with Crippen LogP contribution in [-0.4, -0.2) is 93.0 Å². The summed E-state index contributed by atoms with van der Waals surface area (Å²) < 4.78 is 97.0. The fourth-order valence-electron chi connectivity index (χ4n) is 4.95. The zero-order chi connectivity index (χ0) is 46.6. The predicted molar refractivity (Wildman–Crippen MR) is 211 cm³/mol. The maximum Gasteiger partial charge on any atom is 0.345 e. The number of aryl methyl sites for hydroxylation is 2. The smallest absolute Gasteiger partial charge is 0.345 e. The number of carbonyl (C=O) groups excluding carboxylic acids is 6. The number of Topliss-reactive ketones (excluding diaryl/α,β-unsaturated/α-hetero) is 2. The van der Waals surface area contributed by atoms with Crippen LogP contribution >= 0.6 is 11.6 Å². The molecule has 0 aromatic heterocycles. The number of ketones is 2. The number of carbonyl (C=O) groups is 6. The third-order valence-electron chi connectivity index (χ3n) is 7.85. The lowest BCUT2D eigenvalue weighted by molar-refractivity contribution is -0.147. The van der Waals surface area contributed by atoms with Crippen LogP contribution in [0.1, 0.15) is 50.3 Å². The highest BCUT2D eigenvalue weighted by Crippen LogP contribution is 2.11. The van der Waals surface area contributed by atoms with E-state index in [9.17, 15) is 59.5 Å². The summed E-state index contributed by atoms with van der Waals surface area (Å²) in [5, 5.41) is 9.94. The first-order valence-corrected chi connectivity index (χ1v) is 19.0. The maximum absolute atomic E-state index is 12.7. The molecule has 0 bridgehead atoms. The van der Waals surface area contributed by atoms with Gasteiger partial charge in [0.1, 0.15) is 23.9 Å². The van der Waals surface area contributed by atoms with Gasteiger partial charge in [-0.1, -0.05) is 66.2 Å². The molecule has 0 fully saturated rings. The molecule has 0 aliphatic carbocycles. The third-order valence-corrected chi connectivity index (χ3v) is 8.10. The molecule has 21 heteroatoms. The van der Waals surface area contributed by atoms with Crippen molar-refractivity contribution in [2.75, 3.05) is 19.8 Å². The van der Waals surface area contributed by atoms with Crippen molar-refractivity contribution in [3.05, 3.63) is 106 Å². The normalized spacial score (nSPS) is 12.2. The van der Waals surface area contributed by atoms with E-state index in [1.807, 2.05) is 30.3 Å². The molecule has 0 radical (unpaired) electrons. The van der Waals surface area contributed by atoms with Crippen LogP contribution in [-0.2, 0) is 62.4 Å². The quantitative estimate of drug-likeness (QED) is 0.0870. The van der Waals surface area contributed by atoms with Crippen LogP contribution in [0.4, 0.5) is 30.7 Å². The van der Waals surface area contributed by atoms with Crippen molar-refractivity contribution in [1.82, 2.24) is 21.3 Å². The molecule has 0 aliphatic heterocycles. The lowest BCUT2D eigenvalue weighted by Gasteiger charge is -2.17. The minimum absolute atomic E-state index is 0.0309. The zero-order valence-corrected chi connectivity index (χ0v) is 34.6. The number of hydrogen-bond donors (Lipinski definition) is 4. The lowest BCUT2D eigenvalue weighted by atomic mass is 10.0. The first-order chi connectivity index (χ1) is 29.2. The summed E-state index contributed by atoms with van der Waals surface area (Å²) in [7, 11) is 0. The molecule has 0 saturated heterocycles. The van der Waals surface area contributed by atoms with Crippen LogP contribution in [0.15, 0.2) is 78.9 Å². The van der Waals surface area contributed by atoms with Crippen molar-refractivity contribution in [3.8, 4) is 0 Å². The van der Waals surface area contributed by atoms with Crippen LogP contribution in [0.3, 0.4) is 0 Å². The Bertz CT molecular complexity index is 1730. The first kappa shape index (κ1) is 54.6. The topological polar surface area (TPSA) is 178 Å². The van der Waals surface area contributed by atoms with E-state index in [1.165, 1.54) is 45.0 Å². The van der Waals surface area contributed by atoms with Crippen LogP contribution in [0.25, 0.3) is 0 Å². The van der Waals surface area contributed by atoms with E-state index in [4.69, 9.17) is 11.6 Å². The van der Waals surface area contributed by atoms with E-state index in [1.54, 1.807) is 24.3 Å². The average molecular weight is 909 g/mol. The Balaban J connectivity index is 0.000000465. The Labute approximate surface area is 358 Å². The molecule has 0 unspecified atom stereocenters. The SMILES string of the molecule is CC(=O)N[C@H](COC(F)F)C(=O)CCc1ccc(F)cc1.CC(=O)N[C@H](COC(F)F)C(=O)CCc1ccccc1.CC(=O)N[C@H](COC(F)F)C(=O)NCc1ccc(Cl)cc1. The molecule has 4 amide bonds. The number of nitrogens with one attached hydrogen (secondary N) is 4. The van der Waals surface area contributed by atoms with Crippen molar-refractivity contribution in [2.45, 2.75) is 91.0 Å². The van der Waals surface area contributed by atoms with Gasteiger partial charge in [0.05, 0.1) is 19.8 Å². The number of hydrogen-bond acceptors (Lipinski definition) is 9. The van der Waals surface area contributed by atoms with Gasteiger partial charge in [0, 0.05) is 45.2 Å². The summed E-state index contributed by atoms with van der Waals surface area (Å²) >= 11 is 5.73. The van der Waals surface area contributed by atoms with Gasteiger partial charge in [-0.3, -0.25) is 28.8 Å². The molecule has 0 aliphatic rings. The van der Waals surface area contributed by atoms with E-state index >= 15 is 0 Å². The van der Waals surface area contributed by atoms with Gasteiger partial charge < -0.3 is 35.5 Å². The average Bonchev–Trinajstić information content (AvgIpc) is 3.21. The second-order valence-corrected chi connectivity index (χ2v) is 13.4. The van der Waals surface area contributed by atoms with E-state index in [-0.39, 0.29) is 31.0 Å². The summed E-state index contributed by atoms with van der Waals surface area (Å²) in [5.41, 5.74) is 2.49. The Morgan fingerprint density at radius 1 is 0.532 bits per heavy atom. The van der Waals surface area contributed by atoms with Gasteiger partial charge in [0.2, 0.25) is 23.6 Å². The van der Waals surface area contributed by atoms with Crippen molar-refractivity contribution in [3.63, 3.8) is 0 Å². The Kier molecular flexibility index (Phi) is 26.9. The molecule has 3 aromatic carbocycles. The van der Waals surface area contributed by atoms with E-state index in [0.717, 1.165) is 16.7 Å². The molecule has 0 spiro atoms. The molecule has 0 saturated carbocycles. The molecular weight excluding hydrogens is 861 g/mol. The molecule has 3 rings (SSSR count). The van der Waals surface area contributed by atoms with Crippen molar-refractivity contribution >= 4 is 46.8 Å². The predicted octanol–water partition coefficient (Wildman–Crippen LogP) is 5.70. The molecular formula is C41H48ClF7N4O9. The van der Waals surface area contributed by atoms with Gasteiger partial charge in [-0.15, -0.1) is 0 Å².